The second kappa shape index (κ2) is 4.76. The highest BCUT2D eigenvalue weighted by molar-refractivity contribution is 7.12. The van der Waals surface area contributed by atoms with Gasteiger partial charge in [0.2, 0.25) is 0 Å². The third kappa shape index (κ3) is 2.69. The molecule has 0 saturated carbocycles. The molecule has 1 nitrogen and oxygen atoms in total. The maximum Gasteiger partial charge on any atom is 0.0142 e. The van der Waals surface area contributed by atoms with Crippen molar-refractivity contribution in [3.8, 4) is 0 Å². The fraction of sp³-hybridized carbons (Fsp3) is 0.500. The fourth-order valence-corrected chi connectivity index (χ4v) is 2.36. The van der Waals surface area contributed by atoms with Crippen LogP contribution in [0.5, 0.6) is 0 Å². The lowest BCUT2D eigenvalue weighted by Gasteiger charge is -2.08. The minimum Gasteiger partial charge on any atom is -0.327 e. The van der Waals surface area contributed by atoms with Gasteiger partial charge in [0.15, 0.2) is 0 Å². The summed E-state index contributed by atoms with van der Waals surface area (Å²) in [5.74, 6) is 0.541. The summed E-state index contributed by atoms with van der Waals surface area (Å²) in [7, 11) is 0. The van der Waals surface area contributed by atoms with Crippen molar-refractivity contribution in [1.82, 2.24) is 0 Å². The Labute approximate surface area is 90.6 Å². The van der Waals surface area contributed by atoms with Crippen molar-refractivity contribution in [2.45, 2.75) is 27.7 Å². The largest absolute Gasteiger partial charge is 0.327 e. The van der Waals surface area contributed by atoms with Gasteiger partial charge in [-0.3, -0.25) is 0 Å². The van der Waals surface area contributed by atoms with Gasteiger partial charge < -0.3 is 5.73 Å². The van der Waals surface area contributed by atoms with E-state index in [1.54, 1.807) is 0 Å². The molecule has 14 heavy (non-hydrogen) atoms. The molecule has 1 aromatic heterocycles. The van der Waals surface area contributed by atoms with Crippen LogP contribution >= 0.6 is 11.3 Å². The number of hydrogen-bond donors (Lipinski definition) is 1. The van der Waals surface area contributed by atoms with Crippen molar-refractivity contribution in [2.24, 2.45) is 11.7 Å². The quantitative estimate of drug-likeness (QED) is 0.811. The molecule has 0 spiro atoms. The van der Waals surface area contributed by atoms with Gasteiger partial charge >= 0.3 is 0 Å². The Morgan fingerprint density at radius 3 is 2.50 bits per heavy atom. The second-order valence-electron chi connectivity index (χ2n) is 3.95. The minimum atomic E-state index is 0.541. The predicted molar refractivity (Wildman–Crippen MR) is 65.7 cm³/mol. The smallest absolute Gasteiger partial charge is 0.0142 e. The summed E-state index contributed by atoms with van der Waals surface area (Å²) in [5, 5.41) is 0. The van der Waals surface area contributed by atoms with Gasteiger partial charge in [-0.25, -0.2) is 0 Å². The van der Waals surface area contributed by atoms with Crippen LogP contribution in [0.2, 0.25) is 0 Å². The molecule has 0 amide bonds. The van der Waals surface area contributed by atoms with E-state index in [4.69, 9.17) is 5.73 Å². The summed E-state index contributed by atoms with van der Waals surface area (Å²) < 4.78 is 0. The summed E-state index contributed by atoms with van der Waals surface area (Å²) in [6.07, 6.45) is 2.24. The van der Waals surface area contributed by atoms with Crippen molar-refractivity contribution in [1.29, 1.82) is 0 Å². The maximum absolute atomic E-state index is 5.71. The number of rotatable bonds is 3. The molecule has 1 aromatic rings. The van der Waals surface area contributed by atoms with E-state index in [0.29, 0.717) is 12.5 Å². The summed E-state index contributed by atoms with van der Waals surface area (Å²) in [4.78, 5) is 2.75. The highest BCUT2D eigenvalue weighted by Crippen LogP contribution is 2.24. The van der Waals surface area contributed by atoms with Gasteiger partial charge in [0, 0.05) is 16.3 Å². The second-order valence-corrected chi connectivity index (χ2v) is 5.41. The van der Waals surface area contributed by atoms with E-state index in [1.165, 1.54) is 20.9 Å². The molecule has 0 bridgehead atoms. The van der Waals surface area contributed by atoms with E-state index in [0.717, 1.165) is 0 Å². The minimum absolute atomic E-state index is 0.541. The van der Waals surface area contributed by atoms with Crippen LogP contribution in [0.1, 0.15) is 29.2 Å². The molecular weight excluding hydrogens is 190 g/mol. The third-order valence-corrected chi connectivity index (χ3v) is 3.38. The lowest BCUT2D eigenvalue weighted by atomic mass is 10.0. The van der Waals surface area contributed by atoms with Crippen LogP contribution < -0.4 is 5.73 Å². The molecule has 1 heterocycles. The molecule has 2 N–H and O–H groups in total. The Hall–Kier alpha value is -0.600. The zero-order valence-electron chi connectivity index (χ0n) is 9.42. The van der Waals surface area contributed by atoms with E-state index in [2.05, 4.69) is 39.8 Å². The first kappa shape index (κ1) is 11.5. The van der Waals surface area contributed by atoms with E-state index < -0.39 is 0 Å². The van der Waals surface area contributed by atoms with Crippen LogP contribution in [0, 0.1) is 19.8 Å². The monoisotopic (exact) mass is 209 g/mol. The molecule has 0 saturated heterocycles. The first-order valence-corrected chi connectivity index (χ1v) is 5.83. The normalized spacial score (nSPS) is 12.6. The Morgan fingerprint density at radius 1 is 1.50 bits per heavy atom. The molecule has 1 rings (SSSR count). The standard InChI is InChI=1S/C12H19NS/c1-8(2)12(7-13)6-11-5-9(3)14-10(11)4/h5-6,8H,7,13H2,1-4H3/b12-6+. The molecule has 0 radical (unpaired) electrons. The van der Waals surface area contributed by atoms with Crippen molar-refractivity contribution >= 4 is 17.4 Å². The van der Waals surface area contributed by atoms with Gasteiger partial charge in [0.25, 0.3) is 0 Å². The summed E-state index contributed by atoms with van der Waals surface area (Å²) in [6.45, 7) is 9.34. The van der Waals surface area contributed by atoms with E-state index in [-0.39, 0.29) is 0 Å². The van der Waals surface area contributed by atoms with Gasteiger partial charge in [-0.1, -0.05) is 25.5 Å². The van der Waals surface area contributed by atoms with Crippen LogP contribution in [0.15, 0.2) is 11.6 Å². The Kier molecular flexibility index (Phi) is 3.90. The van der Waals surface area contributed by atoms with Crippen molar-refractivity contribution in [2.75, 3.05) is 6.54 Å². The number of hydrogen-bond acceptors (Lipinski definition) is 2. The van der Waals surface area contributed by atoms with Crippen molar-refractivity contribution < 1.29 is 0 Å². The van der Waals surface area contributed by atoms with Crippen LogP contribution in [0.4, 0.5) is 0 Å². The summed E-state index contributed by atoms with van der Waals surface area (Å²) in [6, 6.07) is 2.23. The maximum atomic E-state index is 5.71. The van der Waals surface area contributed by atoms with Crippen LogP contribution in [0.25, 0.3) is 6.08 Å². The van der Waals surface area contributed by atoms with Gasteiger partial charge in [-0.15, -0.1) is 11.3 Å². The van der Waals surface area contributed by atoms with Gasteiger partial charge in [0.05, 0.1) is 0 Å². The molecule has 2 heteroatoms. The summed E-state index contributed by atoms with van der Waals surface area (Å²) in [5.41, 5.74) is 8.37. The van der Waals surface area contributed by atoms with E-state index >= 15 is 0 Å². The lowest BCUT2D eigenvalue weighted by Crippen LogP contribution is -2.08. The van der Waals surface area contributed by atoms with Crippen LogP contribution in [-0.2, 0) is 0 Å². The molecule has 0 aliphatic rings. The average molecular weight is 209 g/mol. The Morgan fingerprint density at radius 2 is 2.14 bits per heavy atom. The number of aryl methyl sites for hydroxylation is 2. The van der Waals surface area contributed by atoms with E-state index in [9.17, 15) is 0 Å². The zero-order valence-corrected chi connectivity index (χ0v) is 10.2. The van der Waals surface area contributed by atoms with E-state index in [1.807, 2.05) is 11.3 Å². The third-order valence-electron chi connectivity index (χ3n) is 2.40. The molecule has 0 fully saturated rings. The average Bonchev–Trinajstić information content (AvgIpc) is 2.40. The topological polar surface area (TPSA) is 26.0 Å². The first-order valence-electron chi connectivity index (χ1n) is 5.02. The summed E-state index contributed by atoms with van der Waals surface area (Å²) >= 11 is 1.85. The molecule has 0 aromatic carbocycles. The fourth-order valence-electron chi connectivity index (χ4n) is 1.45. The zero-order chi connectivity index (χ0) is 10.7. The molecule has 0 aliphatic carbocycles. The van der Waals surface area contributed by atoms with Gasteiger partial charge in [0.1, 0.15) is 0 Å². The highest BCUT2D eigenvalue weighted by atomic mass is 32.1. The van der Waals surface area contributed by atoms with Gasteiger partial charge in [-0.2, -0.15) is 0 Å². The molecular formula is C12H19NS. The highest BCUT2D eigenvalue weighted by Gasteiger charge is 2.04. The Balaban J connectivity index is 3.00. The van der Waals surface area contributed by atoms with Crippen LogP contribution in [0.3, 0.4) is 0 Å². The molecule has 0 aliphatic heterocycles. The Bertz CT molecular complexity index is 334. The molecule has 0 atom stereocenters. The van der Waals surface area contributed by atoms with Crippen molar-refractivity contribution in [3.05, 3.63) is 27.0 Å². The van der Waals surface area contributed by atoms with Crippen LogP contribution in [-0.4, -0.2) is 6.54 Å². The molecule has 78 valence electrons. The first-order chi connectivity index (χ1) is 6.54. The number of thiophene rings is 1. The number of nitrogens with two attached hydrogens (primary N) is 1. The molecule has 0 unspecified atom stereocenters. The van der Waals surface area contributed by atoms with Crippen molar-refractivity contribution in [3.63, 3.8) is 0 Å². The predicted octanol–water partition coefficient (Wildman–Crippen LogP) is 3.36. The van der Waals surface area contributed by atoms with Gasteiger partial charge in [-0.05, 0) is 31.4 Å². The lowest BCUT2D eigenvalue weighted by molar-refractivity contribution is 0.752. The SMILES string of the molecule is Cc1cc(/C=C(\CN)C(C)C)c(C)s1.